The molecule has 2 heterocycles. The third kappa shape index (κ3) is 4.31. The second kappa shape index (κ2) is 8.93. The molecule has 0 amide bonds. The lowest BCUT2D eigenvalue weighted by molar-refractivity contribution is 0.182. The molecular formula is C23H27N3OS. The standard InChI is InChI=1S/C23H27N3OS/c1-25-15-8-7-11-19(25)14-16-28-23-24-21-13-6-5-12-20(21)22(27)26(23)17-18-9-3-2-4-10-18/h2-6,9-10,12-13,19H,7-8,11,14-17H2,1H3. The zero-order chi connectivity index (χ0) is 19.3. The first-order valence-electron chi connectivity index (χ1n) is 10.1. The van der Waals surface area contributed by atoms with E-state index in [-0.39, 0.29) is 5.56 Å². The molecule has 1 aromatic heterocycles. The van der Waals surface area contributed by atoms with Crippen LogP contribution in [-0.2, 0) is 6.54 Å². The van der Waals surface area contributed by atoms with E-state index in [1.165, 1.54) is 25.8 Å². The monoisotopic (exact) mass is 393 g/mol. The highest BCUT2D eigenvalue weighted by Crippen LogP contribution is 2.24. The minimum absolute atomic E-state index is 0.0479. The average Bonchev–Trinajstić information content (AvgIpc) is 2.73. The van der Waals surface area contributed by atoms with E-state index in [1.807, 2.05) is 47.0 Å². The van der Waals surface area contributed by atoms with Crippen molar-refractivity contribution in [3.8, 4) is 0 Å². The Balaban J connectivity index is 1.60. The van der Waals surface area contributed by atoms with E-state index >= 15 is 0 Å². The van der Waals surface area contributed by atoms with Crippen LogP contribution in [0.2, 0.25) is 0 Å². The number of thioether (sulfide) groups is 1. The summed E-state index contributed by atoms with van der Waals surface area (Å²) in [5, 5.41) is 1.51. The largest absolute Gasteiger partial charge is 0.303 e. The van der Waals surface area contributed by atoms with E-state index in [9.17, 15) is 4.79 Å². The zero-order valence-electron chi connectivity index (χ0n) is 16.4. The summed E-state index contributed by atoms with van der Waals surface area (Å²) in [5.41, 5.74) is 1.95. The lowest BCUT2D eigenvalue weighted by Gasteiger charge is -2.32. The van der Waals surface area contributed by atoms with E-state index < -0.39 is 0 Å². The van der Waals surface area contributed by atoms with Crippen LogP contribution in [0.15, 0.2) is 64.5 Å². The summed E-state index contributed by atoms with van der Waals surface area (Å²) in [6, 6.07) is 18.5. The molecule has 0 aliphatic carbocycles. The number of benzene rings is 2. The highest BCUT2D eigenvalue weighted by atomic mass is 32.2. The molecule has 3 aromatic rings. The molecule has 0 bridgehead atoms. The van der Waals surface area contributed by atoms with Gasteiger partial charge in [-0.25, -0.2) is 4.98 Å². The van der Waals surface area contributed by atoms with Gasteiger partial charge < -0.3 is 4.90 Å². The van der Waals surface area contributed by atoms with Gasteiger partial charge in [-0.15, -0.1) is 0 Å². The number of hydrogen-bond acceptors (Lipinski definition) is 4. The Morgan fingerprint density at radius 2 is 1.86 bits per heavy atom. The Morgan fingerprint density at radius 1 is 1.07 bits per heavy atom. The van der Waals surface area contributed by atoms with Crippen molar-refractivity contribution in [2.75, 3.05) is 19.3 Å². The molecule has 1 atom stereocenters. The first-order valence-corrected chi connectivity index (χ1v) is 11.1. The van der Waals surface area contributed by atoms with Crippen LogP contribution >= 0.6 is 11.8 Å². The molecule has 2 aromatic carbocycles. The maximum absolute atomic E-state index is 13.2. The molecule has 1 fully saturated rings. The maximum atomic E-state index is 13.2. The Hall–Kier alpha value is -2.11. The van der Waals surface area contributed by atoms with Crippen LogP contribution in [0.1, 0.15) is 31.2 Å². The van der Waals surface area contributed by atoms with E-state index in [4.69, 9.17) is 4.98 Å². The summed E-state index contributed by atoms with van der Waals surface area (Å²) in [4.78, 5) is 20.5. The summed E-state index contributed by atoms with van der Waals surface area (Å²) >= 11 is 1.72. The van der Waals surface area contributed by atoms with Crippen LogP contribution in [0, 0.1) is 0 Å². The Labute approximate surface area is 170 Å². The first kappa shape index (κ1) is 19.2. The molecule has 1 unspecified atom stereocenters. The van der Waals surface area contributed by atoms with E-state index in [2.05, 4.69) is 24.1 Å². The molecule has 4 rings (SSSR count). The van der Waals surface area contributed by atoms with Crippen molar-refractivity contribution in [2.24, 2.45) is 0 Å². The van der Waals surface area contributed by atoms with Crippen molar-refractivity contribution in [1.29, 1.82) is 0 Å². The van der Waals surface area contributed by atoms with Gasteiger partial charge in [0.2, 0.25) is 0 Å². The van der Waals surface area contributed by atoms with Gasteiger partial charge in [-0.1, -0.05) is 60.6 Å². The van der Waals surface area contributed by atoms with Gasteiger partial charge in [-0.05, 0) is 50.6 Å². The van der Waals surface area contributed by atoms with Gasteiger partial charge in [0.1, 0.15) is 0 Å². The molecule has 0 spiro atoms. The van der Waals surface area contributed by atoms with E-state index in [0.717, 1.165) is 28.4 Å². The molecule has 4 nitrogen and oxygen atoms in total. The fraction of sp³-hybridized carbons (Fsp3) is 0.391. The maximum Gasteiger partial charge on any atom is 0.262 e. The third-order valence-corrected chi connectivity index (χ3v) is 6.62. The van der Waals surface area contributed by atoms with Crippen LogP contribution in [-0.4, -0.2) is 39.8 Å². The van der Waals surface area contributed by atoms with Crippen molar-refractivity contribution in [3.63, 3.8) is 0 Å². The topological polar surface area (TPSA) is 38.1 Å². The van der Waals surface area contributed by atoms with Gasteiger partial charge in [0.05, 0.1) is 17.4 Å². The Kier molecular flexibility index (Phi) is 6.13. The zero-order valence-corrected chi connectivity index (χ0v) is 17.2. The van der Waals surface area contributed by atoms with Crippen molar-refractivity contribution >= 4 is 22.7 Å². The second-order valence-corrected chi connectivity index (χ2v) is 8.62. The lowest BCUT2D eigenvalue weighted by atomic mass is 10.0. The first-order chi connectivity index (χ1) is 13.7. The van der Waals surface area contributed by atoms with Gasteiger partial charge in [-0.3, -0.25) is 9.36 Å². The second-order valence-electron chi connectivity index (χ2n) is 7.56. The lowest BCUT2D eigenvalue weighted by Crippen LogP contribution is -2.36. The van der Waals surface area contributed by atoms with Crippen LogP contribution in [0.25, 0.3) is 10.9 Å². The number of rotatable bonds is 6. The van der Waals surface area contributed by atoms with Crippen molar-refractivity contribution < 1.29 is 0 Å². The summed E-state index contributed by atoms with van der Waals surface area (Å²) in [6.45, 7) is 1.76. The Morgan fingerprint density at radius 3 is 2.68 bits per heavy atom. The minimum Gasteiger partial charge on any atom is -0.303 e. The molecule has 0 saturated carbocycles. The molecule has 1 aliphatic rings. The summed E-state index contributed by atoms with van der Waals surface area (Å²) in [5.74, 6) is 0.981. The molecule has 0 radical (unpaired) electrons. The molecule has 28 heavy (non-hydrogen) atoms. The summed E-state index contributed by atoms with van der Waals surface area (Å²) in [7, 11) is 2.23. The van der Waals surface area contributed by atoms with Gasteiger partial charge in [0.15, 0.2) is 5.16 Å². The van der Waals surface area contributed by atoms with Crippen LogP contribution < -0.4 is 5.56 Å². The number of piperidine rings is 1. The van der Waals surface area contributed by atoms with Gasteiger partial charge in [0, 0.05) is 11.8 Å². The quantitative estimate of drug-likeness (QED) is 0.459. The summed E-state index contributed by atoms with van der Waals surface area (Å²) in [6.07, 6.45) is 5.05. The fourth-order valence-electron chi connectivity index (χ4n) is 3.96. The van der Waals surface area contributed by atoms with Crippen molar-refractivity contribution in [3.05, 3.63) is 70.5 Å². The number of hydrogen-bond donors (Lipinski definition) is 0. The van der Waals surface area contributed by atoms with Crippen molar-refractivity contribution in [2.45, 2.75) is 43.4 Å². The van der Waals surface area contributed by atoms with Crippen molar-refractivity contribution in [1.82, 2.24) is 14.5 Å². The molecule has 146 valence electrons. The number of likely N-dealkylation sites (tertiary alicyclic amines) is 1. The SMILES string of the molecule is CN1CCCCC1CCSc1nc2ccccc2c(=O)n1Cc1ccccc1. The molecular weight excluding hydrogens is 366 g/mol. The fourth-order valence-corrected chi connectivity index (χ4v) is 5.00. The highest BCUT2D eigenvalue weighted by Gasteiger charge is 2.19. The smallest absolute Gasteiger partial charge is 0.262 e. The van der Waals surface area contributed by atoms with E-state index in [1.54, 1.807) is 11.8 Å². The van der Waals surface area contributed by atoms with Gasteiger partial charge >= 0.3 is 0 Å². The van der Waals surface area contributed by atoms with Crippen LogP contribution in [0.5, 0.6) is 0 Å². The Bertz CT molecular complexity index is 986. The number of aromatic nitrogens is 2. The van der Waals surface area contributed by atoms with Gasteiger partial charge in [0.25, 0.3) is 5.56 Å². The third-order valence-electron chi connectivity index (χ3n) is 5.61. The molecule has 1 aliphatic heterocycles. The predicted molar refractivity (Wildman–Crippen MR) is 117 cm³/mol. The number of fused-ring (bicyclic) bond motifs is 1. The van der Waals surface area contributed by atoms with Crippen LogP contribution in [0.4, 0.5) is 0 Å². The molecule has 1 saturated heterocycles. The van der Waals surface area contributed by atoms with E-state index in [0.29, 0.717) is 18.0 Å². The molecule has 0 N–H and O–H groups in total. The van der Waals surface area contributed by atoms with Gasteiger partial charge in [-0.2, -0.15) is 0 Å². The summed E-state index contributed by atoms with van der Waals surface area (Å²) < 4.78 is 1.84. The molecule has 5 heteroatoms. The van der Waals surface area contributed by atoms with Crippen LogP contribution in [0.3, 0.4) is 0 Å². The predicted octanol–water partition coefficient (Wildman–Crippen LogP) is 4.41. The minimum atomic E-state index is 0.0479. The normalized spacial score (nSPS) is 17.8. The average molecular weight is 394 g/mol. The number of nitrogens with zero attached hydrogens (tertiary/aromatic N) is 3. The number of para-hydroxylation sites is 1. The highest BCUT2D eigenvalue weighted by molar-refractivity contribution is 7.99.